The summed E-state index contributed by atoms with van der Waals surface area (Å²) in [4.78, 5) is 21.3. The molecule has 0 fully saturated rings. The first kappa shape index (κ1) is 23.3. The highest BCUT2D eigenvalue weighted by Crippen LogP contribution is 2.29. The maximum atomic E-state index is 12.3. The number of nitrogens with two attached hydrogens (primary N) is 1. The Balaban J connectivity index is 1.64. The molecular weight excluding hydrogens is 432 g/mol. The molecule has 4 aromatic rings. The molecule has 3 heterocycles. The van der Waals surface area contributed by atoms with Gasteiger partial charge in [0.05, 0.1) is 24.5 Å². The molecule has 0 bridgehead atoms. The maximum absolute atomic E-state index is 12.3. The SMILES string of the molecule is CCC(Cn1cc(-c2cnc(N)c(-c3cc(-c4ccc(CNC)cc4)no3)n2)ccc1=O)OC. The molecule has 0 spiro atoms. The number of hydrogen-bond acceptors (Lipinski definition) is 8. The van der Waals surface area contributed by atoms with E-state index in [9.17, 15) is 4.79 Å². The van der Waals surface area contributed by atoms with Crippen LogP contribution in [-0.4, -0.2) is 40.0 Å². The van der Waals surface area contributed by atoms with E-state index in [-0.39, 0.29) is 17.5 Å². The fraction of sp³-hybridized carbons (Fsp3) is 0.280. The Morgan fingerprint density at radius 3 is 2.62 bits per heavy atom. The number of ether oxygens (including phenoxy) is 1. The molecule has 3 N–H and O–H groups in total. The monoisotopic (exact) mass is 460 g/mol. The van der Waals surface area contributed by atoms with Crippen LogP contribution in [0, 0.1) is 0 Å². The Morgan fingerprint density at radius 1 is 1.15 bits per heavy atom. The number of nitrogens with one attached hydrogen (secondary N) is 1. The summed E-state index contributed by atoms with van der Waals surface area (Å²) in [7, 11) is 3.55. The Kier molecular flexibility index (Phi) is 7.15. The van der Waals surface area contributed by atoms with E-state index in [0.717, 1.165) is 24.1 Å². The number of pyridine rings is 1. The summed E-state index contributed by atoms with van der Waals surface area (Å²) in [5.74, 6) is 0.648. The molecule has 4 rings (SSSR count). The fourth-order valence-corrected chi connectivity index (χ4v) is 3.65. The van der Waals surface area contributed by atoms with Gasteiger partial charge in [0, 0.05) is 43.1 Å². The van der Waals surface area contributed by atoms with Crippen LogP contribution in [0.4, 0.5) is 5.82 Å². The second-order valence-electron chi connectivity index (χ2n) is 7.97. The van der Waals surface area contributed by atoms with Crippen molar-refractivity contribution in [3.63, 3.8) is 0 Å². The third-order valence-electron chi connectivity index (χ3n) is 5.64. The normalized spacial score (nSPS) is 12.1. The van der Waals surface area contributed by atoms with Crippen LogP contribution in [0.3, 0.4) is 0 Å². The minimum atomic E-state index is -0.108. The minimum absolute atomic E-state index is 0.0547. The highest BCUT2D eigenvalue weighted by atomic mass is 16.5. The number of rotatable bonds is 9. The van der Waals surface area contributed by atoms with E-state index in [1.807, 2.05) is 38.2 Å². The molecule has 0 aliphatic heterocycles. The average Bonchev–Trinajstić information content (AvgIpc) is 3.35. The first-order valence-corrected chi connectivity index (χ1v) is 11.1. The molecular formula is C25H28N6O3. The van der Waals surface area contributed by atoms with Crippen LogP contribution in [0.5, 0.6) is 0 Å². The van der Waals surface area contributed by atoms with Gasteiger partial charge < -0.3 is 24.9 Å². The molecule has 1 aromatic carbocycles. The smallest absolute Gasteiger partial charge is 0.250 e. The Hall–Kier alpha value is -3.82. The van der Waals surface area contributed by atoms with Crippen molar-refractivity contribution in [2.75, 3.05) is 19.9 Å². The van der Waals surface area contributed by atoms with Crippen molar-refractivity contribution in [3.05, 3.63) is 70.8 Å². The van der Waals surface area contributed by atoms with Crippen molar-refractivity contribution in [2.24, 2.45) is 0 Å². The minimum Gasteiger partial charge on any atom is -0.382 e. The van der Waals surface area contributed by atoms with Gasteiger partial charge >= 0.3 is 0 Å². The molecule has 176 valence electrons. The molecule has 0 radical (unpaired) electrons. The van der Waals surface area contributed by atoms with Gasteiger partial charge in [0.2, 0.25) is 0 Å². The predicted molar refractivity (Wildman–Crippen MR) is 131 cm³/mol. The molecule has 0 saturated heterocycles. The topological polar surface area (TPSA) is 121 Å². The van der Waals surface area contributed by atoms with Crippen molar-refractivity contribution in [1.82, 2.24) is 25.0 Å². The Bertz CT molecular complexity index is 1310. The summed E-state index contributed by atoms with van der Waals surface area (Å²) in [6, 6.07) is 13.1. The summed E-state index contributed by atoms with van der Waals surface area (Å²) in [6.07, 6.45) is 4.08. The van der Waals surface area contributed by atoms with Crippen LogP contribution in [0.15, 0.2) is 64.2 Å². The van der Waals surface area contributed by atoms with E-state index in [1.165, 1.54) is 11.6 Å². The van der Waals surface area contributed by atoms with Gasteiger partial charge in [0.1, 0.15) is 5.69 Å². The number of aromatic nitrogens is 4. The molecule has 0 saturated carbocycles. The van der Waals surface area contributed by atoms with Gasteiger partial charge in [-0.15, -0.1) is 0 Å². The molecule has 1 unspecified atom stereocenters. The highest BCUT2D eigenvalue weighted by molar-refractivity contribution is 5.72. The molecule has 0 aliphatic rings. The zero-order valence-corrected chi connectivity index (χ0v) is 19.5. The van der Waals surface area contributed by atoms with Gasteiger partial charge in [0.15, 0.2) is 17.3 Å². The van der Waals surface area contributed by atoms with E-state index < -0.39 is 0 Å². The second kappa shape index (κ2) is 10.4. The van der Waals surface area contributed by atoms with E-state index in [4.69, 9.17) is 15.0 Å². The molecule has 9 nitrogen and oxygen atoms in total. The zero-order valence-electron chi connectivity index (χ0n) is 19.5. The highest BCUT2D eigenvalue weighted by Gasteiger charge is 2.16. The molecule has 0 amide bonds. The van der Waals surface area contributed by atoms with E-state index in [0.29, 0.717) is 29.4 Å². The molecule has 9 heteroatoms. The third kappa shape index (κ3) is 5.05. The van der Waals surface area contributed by atoms with E-state index >= 15 is 0 Å². The van der Waals surface area contributed by atoms with Crippen molar-refractivity contribution in [1.29, 1.82) is 0 Å². The lowest BCUT2D eigenvalue weighted by atomic mass is 10.1. The van der Waals surface area contributed by atoms with Crippen molar-refractivity contribution >= 4 is 5.82 Å². The Morgan fingerprint density at radius 2 is 1.91 bits per heavy atom. The first-order valence-electron chi connectivity index (χ1n) is 11.1. The zero-order chi connectivity index (χ0) is 24.1. The lowest BCUT2D eigenvalue weighted by Gasteiger charge is -2.15. The van der Waals surface area contributed by atoms with E-state index in [1.54, 1.807) is 36.2 Å². The number of benzene rings is 1. The third-order valence-corrected chi connectivity index (χ3v) is 5.64. The van der Waals surface area contributed by atoms with Gasteiger partial charge in [-0.3, -0.25) is 4.79 Å². The number of hydrogen-bond donors (Lipinski definition) is 2. The van der Waals surface area contributed by atoms with Crippen molar-refractivity contribution < 1.29 is 9.26 Å². The number of nitrogen functional groups attached to an aromatic ring is 1. The van der Waals surface area contributed by atoms with Crippen LogP contribution in [0.2, 0.25) is 0 Å². The van der Waals surface area contributed by atoms with Gasteiger partial charge in [-0.1, -0.05) is 36.3 Å². The van der Waals surface area contributed by atoms with Crippen LogP contribution >= 0.6 is 0 Å². The number of methoxy groups -OCH3 is 1. The van der Waals surface area contributed by atoms with Gasteiger partial charge in [-0.05, 0) is 25.1 Å². The quantitative estimate of drug-likeness (QED) is 0.390. The van der Waals surface area contributed by atoms with Crippen molar-refractivity contribution in [3.8, 4) is 34.0 Å². The summed E-state index contributed by atoms with van der Waals surface area (Å²) >= 11 is 0. The summed E-state index contributed by atoms with van der Waals surface area (Å²) in [6.45, 7) is 3.26. The van der Waals surface area contributed by atoms with E-state index in [2.05, 4.69) is 20.4 Å². The average molecular weight is 461 g/mol. The summed E-state index contributed by atoms with van der Waals surface area (Å²) in [5.41, 5.74) is 10.5. The number of anilines is 1. The standard InChI is InChI=1S/C25H28N6O3/c1-4-19(33-3)15-31-14-18(9-10-23(31)32)21-13-28-25(26)24(29-21)22-11-20(30-34-22)17-7-5-16(6-8-17)12-27-2/h5-11,13-14,19,27H,4,12,15H2,1-3H3,(H2,26,28). The number of nitrogens with zero attached hydrogens (tertiary/aromatic N) is 4. The van der Waals surface area contributed by atoms with Crippen LogP contribution in [0.1, 0.15) is 18.9 Å². The first-order chi connectivity index (χ1) is 16.5. The Labute approximate surface area is 197 Å². The van der Waals surface area contributed by atoms with Crippen LogP contribution in [0.25, 0.3) is 34.0 Å². The lowest BCUT2D eigenvalue weighted by Crippen LogP contribution is -2.26. The van der Waals surface area contributed by atoms with Crippen LogP contribution in [-0.2, 0) is 17.8 Å². The predicted octanol–water partition coefficient (Wildman–Crippen LogP) is 3.35. The van der Waals surface area contributed by atoms with Crippen molar-refractivity contribution in [2.45, 2.75) is 32.5 Å². The molecule has 1 atom stereocenters. The fourth-order valence-electron chi connectivity index (χ4n) is 3.65. The summed E-state index contributed by atoms with van der Waals surface area (Å²) in [5, 5.41) is 7.31. The van der Waals surface area contributed by atoms with Crippen LogP contribution < -0.4 is 16.6 Å². The second-order valence-corrected chi connectivity index (χ2v) is 7.97. The van der Waals surface area contributed by atoms with Gasteiger partial charge in [-0.25, -0.2) is 9.97 Å². The van der Waals surface area contributed by atoms with Gasteiger partial charge in [-0.2, -0.15) is 0 Å². The lowest BCUT2D eigenvalue weighted by molar-refractivity contribution is 0.0838. The summed E-state index contributed by atoms with van der Waals surface area (Å²) < 4.78 is 12.6. The van der Waals surface area contributed by atoms with Gasteiger partial charge in [0.25, 0.3) is 5.56 Å². The molecule has 3 aromatic heterocycles. The molecule has 34 heavy (non-hydrogen) atoms. The largest absolute Gasteiger partial charge is 0.382 e. The maximum Gasteiger partial charge on any atom is 0.250 e. The molecule has 0 aliphatic carbocycles.